The van der Waals surface area contributed by atoms with Gasteiger partial charge in [-0.05, 0) is 17.7 Å². The first-order valence-electron chi connectivity index (χ1n) is 5.02. The minimum absolute atomic E-state index is 0.136. The lowest BCUT2D eigenvalue weighted by atomic mass is 10.2. The molecule has 0 saturated heterocycles. The Morgan fingerprint density at radius 1 is 1.38 bits per heavy atom. The van der Waals surface area contributed by atoms with E-state index in [4.69, 9.17) is 16.7 Å². The van der Waals surface area contributed by atoms with Crippen LogP contribution in [0.2, 0.25) is 5.15 Å². The zero-order valence-corrected chi connectivity index (χ0v) is 9.41. The molecule has 16 heavy (non-hydrogen) atoms. The number of rotatable bonds is 4. The molecule has 2 aromatic heterocycles. The maximum Gasteiger partial charge on any atom is 0.155 e. The fourth-order valence-corrected chi connectivity index (χ4v) is 1.69. The maximum atomic E-state index is 8.65. The van der Waals surface area contributed by atoms with Gasteiger partial charge in [-0.25, -0.2) is 4.98 Å². The fourth-order valence-electron chi connectivity index (χ4n) is 1.48. The van der Waals surface area contributed by atoms with E-state index in [0.717, 1.165) is 16.5 Å². The van der Waals surface area contributed by atoms with Crippen molar-refractivity contribution in [2.45, 2.75) is 6.54 Å². The molecule has 0 radical (unpaired) electrons. The molecule has 2 N–H and O–H groups in total. The van der Waals surface area contributed by atoms with Crippen molar-refractivity contribution in [3.63, 3.8) is 0 Å². The first-order valence-corrected chi connectivity index (χ1v) is 5.40. The summed E-state index contributed by atoms with van der Waals surface area (Å²) in [6, 6.07) is 3.89. The molecular weight excluding hydrogens is 226 g/mol. The van der Waals surface area contributed by atoms with Crippen molar-refractivity contribution in [1.82, 2.24) is 15.3 Å². The number of halogens is 1. The predicted molar refractivity (Wildman–Crippen MR) is 63.3 cm³/mol. The molecule has 0 aliphatic carbocycles. The monoisotopic (exact) mass is 237 g/mol. The smallest absolute Gasteiger partial charge is 0.155 e. The normalized spacial score (nSPS) is 10.9. The number of nitrogens with zero attached hydrogens (tertiary/aromatic N) is 2. The Morgan fingerprint density at radius 2 is 2.25 bits per heavy atom. The van der Waals surface area contributed by atoms with Gasteiger partial charge in [0.1, 0.15) is 5.52 Å². The lowest BCUT2D eigenvalue weighted by molar-refractivity contribution is 0.292. The average molecular weight is 238 g/mol. The number of hydrogen-bond acceptors (Lipinski definition) is 4. The topological polar surface area (TPSA) is 58.0 Å². The van der Waals surface area contributed by atoms with Crippen molar-refractivity contribution >= 4 is 22.5 Å². The predicted octanol–water partition coefficient (Wildman–Crippen LogP) is 1.37. The Hall–Kier alpha value is -1.23. The largest absolute Gasteiger partial charge is 0.395 e. The lowest BCUT2D eigenvalue weighted by Gasteiger charge is -2.04. The second kappa shape index (κ2) is 5.21. The van der Waals surface area contributed by atoms with E-state index in [9.17, 15) is 0 Å². The van der Waals surface area contributed by atoms with Gasteiger partial charge < -0.3 is 10.4 Å². The van der Waals surface area contributed by atoms with Gasteiger partial charge in [-0.2, -0.15) is 0 Å². The SMILES string of the molecule is OCCNCc1cnc2c(Cl)nccc2c1. The second-order valence-electron chi connectivity index (χ2n) is 3.42. The molecule has 5 heteroatoms. The van der Waals surface area contributed by atoms with Gasteiger partial charge >= 0.3 is 0 Å². The van der Waals surface area contributed by atoms with Crippen molar-refractivity contribution < 1.29 is 5.11 Å². The summed E-state index contributed by atoms with van der Waals surface area (Å²) in [7, 11) is 0. The second-order valence-corrected chi connectivity index (χ2v) is 3.78. The molecule has 2 rings (SSSR count). The van der Waals surface area contributed by atoms with Crippen LogP contribution in [0.25, 0.3) is 10.9 Å². The van der Waals surface area contributed by atoms with Crippen molar-refractivity contribution in [2.24, 2.45) is 0 Å². The molecule has 2 aromatic rings. The Labute approximate surface area is 98.3 Å². The van der Waals surface area contributed by atoms with Crippen LogP contribution in [-0.4, -0.2) is 28.2 Å². The van der Waals surface area contributed by atoms with Gasteiger partial charge in [0, 0.05) is 30.9 Å². The number of aromatic nitrogens is 2. The summed E-state index contributed by atoms with van der Waals surface area (Å²) in [5.74, 6) is 0. The van der Waals surface area contributed by atoms with E-state index in [-0.39, 0.29) is 6.61 Å². The molecular formula is C11H12ClN3O. The highest BCUT2D eigenvalue weighted by molar-refractivity contribution is 6.33. The fraction of sp³-hybridized carbons (Fsp3) is 0.273. The average Bonchev–Trinajstić information content (AvgIpc) is 2.30. The molecule has 0 bridgehead atoms. The number of aliphatic hydroxyl groups excluding tert-OH is 1. The Morgan fingerprint density at radius 3 is 3.06 bits per heavy atom. The Kier molecular flexibility index (Phi) is 3.66. The van der Waals surface area contributed by atoms with Gasteiger partial charge in [0.25, 0.3) is 0 Å². The molecule has 0 saturated carbocycles. The highest BCUT2D eigenvalue weighted by atomic mass is 35.5. The molecule has 0 amide bonds. The summed E-state index contributed by atoms with van der Waals surface area (Å²) in [6.07, 6.45) is 3.43. The third kappa shape index (κ3) is 2.47. The highest BCUT2D eigenvalue weighted by Gasteiger charge is 2.02. The van der Waals surface area contributed by atoms with E-state index in [1.165, 1.54) is 0 Å². The van der Waals surface area contributed by atoms with Crippen LogP contribution in [0.3, 0.4) is 0 Å². The van der Waals surface area contributed by atoms with Gasteiger partial charge in [0.2, 0.25) is 0 Å². The van der Waals surface area contributed by atoms with E-state index in [0.29, 0.717) is 18.2 Å². The quantitative estimate of drug-likeness (QED) is 0.623. The molecule has 2 heterocycles. The Balaban J connectivity index is 2.23. The van der Waals surface area contributed by atoms with E-state index < -0.39 is 0 Å². The van der Waals surface area contributed by atoms with E-state index >= 15 is 0 Å². The third-order valence-electron chi connectivity index (χ3n) is 2.23. The minimum Gasteiger partial charge on any atom is -0.395 e. The number of pyridine rings is 2. The maximum absolute atomic E-state index is 8.65. The van der Waals surface area contributed by atoms with E-state index in [1.54, 1.807) is 12.4 Å². The third-order valence-corrected chi connectivity index (χ3v) is 2.51. The van der Waals surface area contributed by atoms with Crippen molar-refractivity contribution in [1.29, 1.82) is 0 Å². The van der Waals surface area contributed by atoms with Crippen LogP contribution in [0.1, 0.15) is 5.56 Å². The summed E-state index contributed by atoms with van der Waals surface area (Å²) >= 11 is 5.91. The van der Waals surface area contributed by atoms with Crippen LogP contribution < -0.4 is 5.32 Å². The van der Waals surface area contributed by atoms with Gasteiger partial charge in [-0.15, -0.1) is 0 Å². The van der Waals surface area contributed by atoms with E-state index in [1.807, 2.05) is 12.1 Å². The first kappa shape index (κ1) is 11.3. The number of hydrogen-bond donors (Lipinski definition) is 2. The zero-order chi connectivity index (χ0) is 11.4. The highest BCUT2D eigenvalue weighted by Crippen LogP contribution is 2.19. The van der Waals surface area contributed by atoms with Crippen molar-refractivity contribution in [2.75, 3.05) is 13.2 Å². The van der Waals surface area contributed by atoms with Gasteiger partial charge in [0.05, 0.1) is 6.61 Å². The number of nitrogens with one attached hydrogen (secondary N) is 1. The molecule has 84 valence electrons. The summed E-state index contributed by atoms with van der Waals surface area (Å²) in [5.41, 5.74) is 1.78. The summed E-state index contributed by atoms with van der Waals surface area (Å²) < 4.78 is 0. The summed E-state index contributed by atoms with van der Waals surface area (Å²) in [5, 5.41) is 13.1. The molecule has 4 nitrogen and oxygen atoms in total. The van der Waals surface area contributed by atoms with E-state index in [2.05, 4.69) is 15.3 Å². The molecule has 0 atom stereocenters. The summed E-state index contributed by atoms with van der Waals surface area (Å²) in [6.45, 7) is 1.40. The van der Waals surface area contributed by atoms with Crippen LogP contribution in [0.4, 0.5) is 0 Å². The molecule has 0 spiro atoms. The van der Waals surface area contributed by atoms with Crippen molar-refractivity contribution in [3.8, 4) is 0 Å². The molecule has 0 aromatic carbocycles. The molecule has 0 aliphatic heterocycles. The van der Waals surface area contributed by atoms with Gasteiger partial charge in [0.15, 0.2) is 5.15 Å². The van der Waals surface area contributed by atoms with Crippen LogP contribution in [0.5, 0.6) is 0 Å². The molecule has 0 aliphatic rings. The van der Waals surface area contributed by atoms with Crippen LogP contribution >= 0.6 is 11.6 Å². The van der Waals surface area contributed by atoms with Crippen LogP contribution in [-0.2, 0) is 6.54 Å². The zero-order valence-electron chi connectivity index (χ0n) is 8.65. The first-order chi connectivity index (χ1) is 7.81. The molecule has 0 fully saturated rings. The summed E-state index contributed by atoms with van der Waals surface area (Å²) in [4.78, 5) is 8.23. The minimum atomic E-state index is 0.136. The number of aliphatic hydroxyl groups is 1. The van der Waals surface area contributed by atoms with Gasteiger partial charge in [-0.3, -0.25) is 4.98 Å². The lowest BCUT2D eigenvalue weighted by Crippen LogP contribution is -2.17. The van der Waals surface area contributed by atoms with Crippen LogP contribution in [0, 0.1) is 0 Å². The molecule has 0 unspecified atom stereocenters. The van der Waals surface area contributed by atoms with Crippen LogP contribution in [0.15, 0.2) is 24.5 Å². The van der Waals surface area contributed by atoms with Gasteiger partial charge in [-0.1, -0.05) is 11.6 Å². The van der Waals surface area contributed by atoms with Crippen molar-refractivity contribution in [3.05, 3.63) is 35.2 Å². The number of fused-ring (bicyclic) bond motifs is 1. The Bertz CT molecular complexity index is 490. The standard InChI is InChI=1S/C11H12ClN3O/c12-11-10-9(1-2-14-11)5-8(7-15-10)6-13-3-4-16/h1-2,5,7,13,16H,3-4,6H2.